The Morgan fingerprint density at radius 3 is 2.37 bits per heavy atom. The molecule has 8 nitrogen and oxygen atoms in total. The summed E-state index contributed by atoms with van der Waals surface area (Å²) in [4.78, 5) is 34.9. The van der Waals surface area contributed by atoms with Crippen LogP contribution in [0.1, 0.15) is 58.4 Å². The van der Waals surface area contributed by atoms with Crippen LogP contribution >= 0.6 is 0 Å². The van der Waals surface area contributed by atoms with Crippen LogP contribution in [0, 0.1) is 6.92 Å². The molecule has 3 atom stereocenters. The van der Waals surface area contributed by atoms with Crippen molar-refractivity contribution < 1.29 is 14.3 Å². The van der Waals surface area contributed by atoms with E-state index in [-0.39, 0.29) is 23.9 Å². The fourth-order valence-corrected chi connectivity index (χ4v) is 6.01. The second-order valence-electron chi connectivity index (χ2n) is 10.2. The van der Waals surface area contributed by atoms with E-state index in [2.05, 4.69) is 32.5 Å². The number of hydrogen-bond donors (Lipinski definition) is 2. The number of aromatic nitrogens is 1. The monoisotopic (exact) mass is 477 g/mol. The minimum atomic E-state index is -0.0541. The van der Waals surface area contributed by atoms with E-state index < -0.39 is 0 Å². The van der Waals surface area contributed by atoms with Crippen LogP contribution < -0.4 is 20.3 Å². The second-order valence-corrected chi connectivity index (χ2v) is 10.2. The van der Waals surface area contributed by atoms with E-state index in [9.17, 15) is 9.59 Å². The van der Waals surface area contributed by atoms with Crippen molar-refractivity contribution in [2.24, 2.45) is 0 Å². The molecule has 2 bridgehead atoms. The average Bonchev–Trinajstić information content (AvgIpc) is 3.38. The van der Waals surface area contributed by atoms with Gasteiger partial charge in [0.25, 0.3) is 11.8 Å². The predicted octanol–water partition coefficient (Wildman–Crippen LogP) is 2.76. The van der Waals surface area contributed by atoms with E-state index in [0.717, 1.165) is 62.3 Å². The summed E-state index contributed by atoms with van der Waals surface area (Å²) in [7, 11) is 3.70. The van der Waals surface area contributed by atoms with Crippen LogP contribution in [0.25, 0.3) is 0 Å². The summed E-state index contributed by atoms with van der Waals surface area (Å²) in [5.41, 5.74) is 2.13. The predicted molar refractivity (Wildman–Crippen MR) is 135 cm³/mol. The second kappa shape index (κ2) is 9.85. The van der Waals surface area contributed by atoms with E-state index in [0.29, 0.717) is 23.2 Å². The van der Waals surface area contributed by atoms with Crippen LogP contribution in [0.5, 0.6) is 5.75 Å². The number of rotatable bonds is 6. The van der Waals surface area contributed by atoms with Crippen molar-refractivity contribution in [3.63, 3.8) is 0 Å². The summed E-state index contributed by atoms with van der Waals surface area (Å²) >= 11 is 0. The number of piperidine rings is 1. The molecule has 35 heavy (non-hydrogen) atoms. The first-order valence-electron chi connectivity index (χ1n) is 12.6. The normalized spacial score (nSPS) is 26.0. The maximum absolute atomic E-state index is 13.0. The third kappa shape index (κ3) is 4.85. The SMILES string of the molecule is COc1cccc(C(=O)NC2CC3CCC(C2)N3c2ccc(C(=O)N[C@@H]3CCN(C)C3)cn2)c1C. The zero-order valence-electron chi connectivity index (χ0n) is 20.8. The van der Waals surface area contributed by atoms with Gasteiger partial charge in [-0.1, -0.05) is 6.07 Å². The highest BCUT2D eigenvalue weighted by Gasteiger charge is 2.42. The first kappa shape index (κ1) is 23.6. The molecule has 2 amide bonds. The van der Waals surface area contributed by atoms with Gasteiger partial charge >= 0.3 is 0 Å². The zero-order valence-corrected chi connectivity index (χ0v) is 20.8. The van der Waals surface area contributed by atoms with Gasteiger partial charge in [-0.25, -0.2) is 4.98 Å². The number of anilines is 1. The van der Waals surface area contributed by atoms with Gasteiger partial charge in [-0.2, -0.15) is 0 Å². The molecule has 1 aromatic carbocycles. The van der Waals surface area contributed by atoms with Gasteiger partial charge in [0, 0.05) is 48.0 Å². The number of amides is 2. The van der Waals surface area contributed by atoms with Crippen molar-refractivity contribution >= 4 is 17.6 Å². The van der Waals surface area contributed by atoms with Gasteiger partial charge in [0.1, 0.15) is 11.6 Å². The number of benzene rings is 1. The first-order chi connectivity index (χ1) is 16.9. The van der Waals surface area contributed by atoms with E-state index in [1.54, 1.807) is 13.3 Å². The topological polar surface area (TPSA) is 86.8 Å². The highest BCUT2D eigenvalue weighted by Crippen LogP contribution is 2.38. The van der Waals surface area contributed by atoms with Crippen LogP contribution in [0.4, 0.5) is 5.82 Å². The Kier molecular flexibility index (Phi) is 6.65. The molecule has 0 radical (unpaired) electrons. The van der Waals surface area contributed by atoms with Crippen LogP contribution in [0.3, 0.4) is 0 Å². The number of ether oxygens (including phenoxy) is 1. The number of fused-ring (bicyclic) bond motifs is 2. The van der Waals surface area contributed by atoms with Crippen LogP contribution in [0.15, 0.2) is 36.5 Å². The van der Waals surface area contributed by atoms with Gasteiger partial charge in [0.2, 0.25) is 0 Å². The number of nitrogens with zero attached hydrogens (tertiary/aromatic N) is 3. The molecular weight excluding hydrogens is 442 g/mol. The summed E-state index contributed by atoms with van der Waals surface area (Å²) in [5, 5.41) is 6.38. The molecule has 0 aliphatic carbocycles. The number of hydrogen-bond acceptors (Lipinski definition) is 6. The van der Waals surface area contributed by atoms with Gasteiger partial charge in [0.05, 0.1) is 12.7 Å². The van der Waals surface area contributed by atoms with Crippen LogP contribution in [-0.4, -0.2) is 73.1 Å². The van der Waals surface area contributed by atoms with E-state index in [4.69, 9.17) is 4.74 Å². The third-order valence-corrected chi connectivity index (χ3v) is 7.82. The third-order valence-electron chi connectivity index (χ3n) is 7.82. The van der Waals surface area contributed by atoms with Crippen molar-refractivity contribution in [2.75, 3.05) is 32.1 Å². The molecule has 2 aromatic rings. The van der Waals surface area contributed by atoms with Crippen molar-refractivity contribution in [1.29, 1.82) is 0 Å². The van der Waals surface area contributed by atoms with E-state index in [1.807, 2.05) is 37.3 Å². The van der Waals surface area contributed by atoms with Crippen molar-refractivity contribution in [1.82, 2.24) is 20.5 Å². The molecule has 2 unspecified atom stereocenters. The standard InChI is InChI=1S/C27H35N5O3/c1-17-23(5-4-6-24(17)35-3)27(34)30-20-13-21-8-9-22(14-20)32(21)25-10-7-18(15-28-25)26(33)29-19-11-12-31(2)16-19/h4-7,10,15,19-22H,8-9,11-14,16H2,1-3H3,(H,29,33)(H,30,34)/t19-,20?,21?,22?/m1/s1. The molecule has 0 spiro atoms. The van der Waals surface area contributed by atoms with Crippen molar-refractivity contribution in [2.45, 2.75) is 63.2 Å². The smallest absolute Gasteiger partial charge is 0.253 e. The number of likely N-dealkylation sites (N-methyl/N-ethyl adjacent to an activating group) is 1. The Balaban J connectivity index is 1.21. The Morgan fingerprint density at radius 2 is 1.74 bits per heavy atom. The van der Waals surface area contributed by atoms with Crippen molar-refractivity contribution in [3.05, 3.63) is 53.2 Å². The molecule has 0 saturated carbocycles. The van der Waals surface area contributed by atoms with Crippen LogP contribution in [0.2, 0.25) is 0 Å². The first-order valence-corrected chi connectivity index (χ1v) is 12.6. The van der Waals surface area contributed by atoms with Gasteiger partial charge in [-0.15, -0.1) is 0 Å². The lowest BCUT2D eigenvalue weighted by Gasteiger charge is -2.40. The Bertz CT molecular complexity index is 1070. The van der Waals surface area contributed by atoms with Crippen molar-refractivity contribution in [3.8, 4) is 5.75 Å². The Morgan fingerprint density at radius 1 is 1.00 bits per heavy atom. The molecule has 4 heterocycles. The number of carbonyl (C=O) groups excluding carboxylic acids is 2. The van der Waals surface area contributed by atoms with E-state index >= 15 is 0 Å². The lowest BCUT2D eigenvalue weighted by atomic mass is 9.96. The number of carbonyl (C=O) groups is 2. The average molecular weight is 478 g/mol. The molecule has 3 aliphatic rings. The summed E-state index contributed by atoms with van der Waals surface area (Å²) in [6.07, 6.45) is 6.65. The van der Waals surface area contributed by atoms with Crippen LogP contribution in [-0.2, 0) is 0 Å². The minimum Gasteiger partial charge on any atom is -0.496 e. The lowest BCUT2D eigenvalue weighted by Crippen LogP contribution is -2.50. The highest BCUT2D eigenvalue weighted by molar-refractivity contribution is 5.96. The largest absolute Gasteiger partial charge is 0.496 e. The number of pyridine rings is 1. The summed E-state index contributed by atoms with van der Waals surface area (Å²) in [6.45, 7) is 3.83. The lowest BCUT2D eigenvalue weighted by molar-refractivity contribution is 0.0922. The number of methoxy groups -OCH3 is 1. The fraction of sp³-hybridized carbons (Fsp3) is 0.519. The molecular formula is C27H35N5O3. The summed E-state index contributed by atoms with van der Waals surface area (Å²) in [5.74, 6) is 1.55. The molecule has 2 N–H and O–H groups in total. The number of likely N-dealkylation sites (tertiary alicyclic amines) is 1. The maximum Gasteiger partial charge on any atom is 0.253 e. The molecule has 8 heteroatoms. The van der Waals surface area contributed by atoms with Gasteiger partial charge in [-0.05, 0) is 76.9 Å². The van der Waals surface area contributed by atoms with Gasteiger partial charge in [-0.3, -0.25) is 9.59 Å². The van der Waals surface area contributed by atoms with Gasteiger partial charge < -0.3 is 25.2 Å². The quantitative estimate of drug-likeness (QED) is 0.666. The van der Waals surface area contributed by atoms with E-state index in [1.165, 1.54) is 0 Å². The summed E-state index contributed by atoms with van der Waals surface area (Å²) < 4.78 is 5.37. The number of nitrogens with one attached hydrogen (secondary N) is 2. The molecule has 3 fully saturated rings. The molecule has 5 rings (SSSR count). The minimum absolute atomic E-state index is 0.0406. The molecule has 1 aromatic heterocycles. The molecule has 186 valence electrons. The fourth-order valence-electron chi connectivity index (χ4n) is 6.01. The Labute approximate surface area is 207 Å². The zero-order chi connectivity index (χ0) is 24.5. The molecule has 3 aliphatic heterocycles. The Hall–Kier alpha value is -3.13. The highest BCUT2D eigenvalue weighted by atomic mass is 16.5. The maximum atomic E-state index is 13.0. The summed E-state index contributed by atoms with van der Waals surface area (Å²) in [6, 6.07) is 10.5. The van der Waals surface area contributed by atoms with Gasteiger partial charge in [0.15, 0.2) is 0 Å². The molecule has 3 saturated heterocycles.